The van der Waals surface area contributed by atoms with Gasteiger partial charge in [0.2, 0.25) is 0 Å². The molecule has 2 amide bonds. The van der Waals surface area contributed by atoms with Crippen LogP contribution in [0.5, 0.6) is 0 Å². The van der Waals surface area contributed by atoms with Crippen LogP contribution in [0.4, 0.5) is 15.6 Å². The lowest BCUT2D eigenvalue weighted by Gasteiger charge is -2.11. The lowest BCUT2D eigenvalue weighted by Crippen LogP contribution is -2.29. The van der Waals surface area contributed by atoms with Crippen LogP contribution in [0.2, 0.25) is 0 Å². The van der Waals surface area contributed by atoms with Gasteiger partial charge in [0.1, 0.15) is 0 Å². The van der Waals surface area contributed by atoms with Crippen molar-refractivity contribution in [2.24, 2.45) is 5.73 Å². The molecule has 0 radical (unpaired) electrons. The summed E-state index contributed by atoms with van der Waals surface area (Å²) in [5.74, 6) is 0. The van der Waals surface area contributed by atoms with Crippen LogP contribution in [-0.2, 0) is 6.54 Å². The summed E-state index contributed by atoms with van der Waals surface area (Å²) in [5, 5.41) is 19.7. The van der Waals surface area contributed by atoms with E-state index in [0.717, 1.165) is 16.8 Å². The third-order valence-electron chi connectivity index (χ3n) is 3.40. The number of aliphatic hydroxyl groups excluding tert-OH is 1. The molecule has 8 nitrogen and oxygen atoms in total. The number of hydrogen-bond acceptors (Lipinski definition) is 7. The lowest BCUT2D eigenvalue weighted by atomic mass is 10.2. The van der Waals surface area contributed by atoms with Crippen LogP contribution in [0.3, 0.4) is 0 Å². The summed E-state index contributed by atoms with van der Waals surface area (Å²) < 4.78 is 0. The number of nitrogens with one attached hydrogen (secondary N) is 3. The van der Waals surface area contributed by atoms with Gasteiger partial charge in [-0.1, -0.05) is 12.1 Å². The second kappa shape index (κ2) is 8.39. The highest BCUT2D eigenvalue weighted by atomic mass is 32.1. The minimum atomic E-state index is -1.14. The van der Waals surface area contributed by atoms with E-state index in [1.807, 2.05) is 23.6 Å². The second-order valence-corrected chi connectivity index (χ2v) is 6.23. The number of amides is 2. The SMILES string of the molecule is NC(O)Nc1cccc(CNC(=O)Nc2nc(-c3ccncc3)cs2)c1. The van der Waals surface area contributed by atoms with Crippen molar-refractivity contribution in [2.75, 3.05) is 10.6 Å². The van der Waals surface area contributed by atoms with Gasteiger partial charge in [0.25, 0.3) is 0 Å². The Labute approximate surface area is 154 Å². The van der Waals surface area contributed by atoms with E-state index in [0.29, 0.717) is 17.4 Å². The zero-order chi connectivity index (χ0) is 18.4. The van der Waals surface area contributed by atoms with Crippen molar-refractivity contribution in [1.82, 2.24) is 15.3 Å². The van der Waals surface area contributed by atoms with Crippen LogP contribution < -0.4 is 21.7 Å². The molecule has 0 saturated heterocycles. The molecule has 3 aromatic rings. The van der Waals surface area contributed by atoms with Crippen LogP contribution in [0.15, 0.2) is 54.2 Å². The third kappa shape index (κ3) is 4.99. The Bertz CT molecular complexity index is 868. The number of benzene rings is 1. The maximum absolute atomic E-state index is 12.1. The van der Waals surface area contributed by atoms with E-state index in [2.05, 4.69) is 25.9 Å². The molecule has 2 aromatic heterocycles. The maximum Gasteiger partial charge on any atom is 0.321 e. The summed E-state index contributed by atoms with van der Waals surface area (Å²) in [6, 6.07) is 10.6. The third-order valence-corrected chi connectivity index (χ3v) is 4.15. The van der Waals surface area contributed by atoms with Crippen molar-refractivity contribution >= 4 is 28.2 Å². The molecular formula is C17H18N6O2S. The predicted molar refractivity (Wildman–Crippen MR) is 101 cm³/mol. The van der Waals surface area contributed by atoms with Gasteiger partial charge in [-0.2, -0.15) is 0 Å². The standard InChI is InChI=1S/C17H18N6O2S/c18-15(24)21-13-3-1-2-11(8-13)9-20-16(25)23-17-22-14(10-26-17)12-4-6-19-7-5-12/h1-8,10,15,21,24H,9,18H2,(H2,20,22,23,25). The van der Waals surface area contributed by atoms with Gasteiger partial charge in [0, 0.05) is 35.6 Å². The molecule has 0 spiro atoms. The van der Waals surface area contributed by atoms with Crippen LogP contribution in [0.25, 0.3) is 11.3 Å². The molecule has 1 aromatic carbocycles. The maximum atomic E-state index is 12.1. The van der Waals surface area contributed by atoms with E-state index in [9.17, 15) is 4.79 Å². The number of anilines is 2. The summed E-state index contributed by atoms with van der Waals surface area (Å²) in [6.07, 6.45) is 2.25. The number of carbonyl (C=O) groups excluding carboxylic acids is 1. The van der Waals surface area contributed by atoms with Gasteiger partial charge in [0.05, 0.1) is 5.69 Å². The molecule has 0 bridgehead atoms. The van der Waals surface area contributed by atoms with Crippen molar-refractivity contribution < 1.29 is 9.90 Å². The van der Waals surface area contributed by atoms with Crippen molar-refractivity contribution in [3.63, 3.8) is 0 Å². The molecule has 0 aliphatic carbocycles. The molecule has 0 aliphatic heterocycles. The molecule has 9 heteroatoms. The molecule has 0 aliphatic rings. The molecule has 1 unspecified atom stereocenters. The molecule has 6 N–H and O–H groups in total. The number of nitrogens with zero attached hydrogens (tertiary/aromatic N) is 2. The molecule has 1 atom stereocenters. The first-order valence-corrected chi connectivity index (χ1v) is 8.68. The Morgan fingerprint density at radius 2 is 2.08 bits per heavy atom. The van der Waals surface area contributed by atoms with Crippen molar-refractivity contribution in [3.8, 4) is 11.3 Å². The van der Waals surface area contributed by atoms with Crippen molar-refractivity contribution in [2.45, 2.75) is 12.9 Å². The average molecular weight is 370 g/mol. The topological polar surface area (TPSA) is 125 Å². The van der Waals surface area contributed by atoms with E-state index < -0.39 is 6.35 Å². The number of thiazole rings is 1. The van der Waals surface area contributed by atoms with E-state index in [1.54, 1.807) is 30.6 Å². The fourth-order valence-corrected chi connectivity index (χ4v) is 2.97. The van der Waals surface area contributed by atoms with E-state index in [4.69, 9.17) is 10.8 Å². The van der Waals surface area contributed by atoms with Gasteiger partial charge >= 0.3 is 6.03 Å². The molecule has 3 rings (SSSR count). The average Bonchev–Trinajstić information content (AvgIpc) is 3.09. The predicted octanol–water partition coefficient (Wildman–Crippen LogP) is 2.17. The normalized spacial score (nSPS) is 11.6. The highest BCUT2D eigenvalue weighted by Gasteiger charge is 2.08. The zero-order valence-corrected chi connectivity index (χ0v) is 14.5. The zero-order valence-electron chi connectivity index (χ0n) is 13.7. The first-order chi connectivity index (χ1) is 12.6. The number of urea groups is 1. The molecule has 0 saturated carbocycles. The minimum absolute atomic E-state index is 0.324. The van der Waals surface area contributed by atoms with E-state index >= 15 is 0 Å². The number of rotatable bonds is 6. The monoisotopic (exact) mass is 370 g/mol. The van der Waals surface area contributed by atoms with Gasteiger partial charge in [-0.3, -0.25) is 16.0 Å². The Kier molecular flexibility index (Phi) is 5.74. The van der Waals surface area contributed by atoms with Gasteiger partial charge in [0.15, 0.2) is 11.5 Å². The molecule has 0 fully saturated rings. The Morgan fingerprint density at radius 1 is 1.27 bits per heavy atom. The summed E-state index contributed by atoms with van der Waals surface area (Å²) in [5.41, 5.74) is 8.54. The van der Waals surface area contributed by atoms with E-state index in [1.165, 1.54) is 11.3 Å². The number of aromatic nitrogens is 2. The van der Waals surface area contributed by atoms with Crippen LogP contribution in [-0.4, -0.2) is 27.5 Å². The first-order valence-electron chi connectivity index (χ1n) is 7.80. The highest BCUT2D eigenvalue weighted by molar-refractivity contribution is 7.14. The second-order valence-electron chi connectivity index (χ2n) is 5.37. The molecular weight excluding hydrogens is 352 g/mol. The molecule has 134 valence electrons. The van der Waals surface area contributed by atoms with Gasteiger partial charge < -0.3 is 15.7 Å². The molecule has 2 heterocycles. The lowest BCUT2D eigenvalue weighted by molar-refractivity contribution is 0.212. The number of pyridine rings is 1. The molecule has 26 heavy (non-hydrogen) atoms. The van der Waals surface area contributed by atoms with Crippen LogP contribution >= 0.6 is 11.3 Å². The number of nitrogens with two attached hydrogens (primary N) is 1. The van der Waals surface area contributed by atoms with Gasteiger partial charge in [-0.05, 0) is 29.8 Å². The summed E-state index contributed by atoms with van der Waals surface area (Å²) in [7, 11) is 0. The van der Waals surface area contributed by atoms with Gasteiger partial charge in [-0.15, -0.1) is 11.3 Å². The minimum Gasteiger partial charge on any atom is -0.361 e. The number of aliphatic hydroxyl groups is 1. The largest absolute Gasteiger partial charge is 0.361 e. The quantitative estimate of drug-likeness (QED) is 0.424. The Hall–Kier alpha value is -3.01. The summed E-state index contributed by atoms with van der Waals surface area (Å²) in [4.78, 5) is 20.4. The van der Waals surface area contributed by atoms with Crippen LogP contribution in [0, 0.1) is 0 Å². The number of carbonyl (C=O) groups is 1. The van der Waals surface area contributed by atoms with Crippen LogP contribution in [0.1, 0.15) is 5.56 Å². The summed E-state index contributed by atoms with van der Waals surface area (Å²) >= 11 is 1.35. The van der Waals surface area contributed by atoms with Crippen molar-refractivity contribution in [3.05, 3.63) is 59.7 Å². The van der Waals surface area contributed by atoms with Gasteiger partial charge in [-0.25, -0.2) is 9.78 Å². The van der Waals surface area contributed by atoms with E-state index in [-0.39, 0.29) is 6.03 Å². The van der Waals surface area contributed by atoms with Crippen molar-refractivity contribution in [1.29, 1.82) is 0 Å². The fraction of sp³-hybridized carbons (Fsp3) is 0.118. The highest BCUT2D eigenvalue weighted by Crippen LogP contribution is 2.24. The first kappa shape index (κ1) is 17.8. The Morgan fingerprint density at radius 3 is 2.85 bits per heavy atom. The number of hydrogen-bond donors (Lipinski definition) is 5. The fourth-order valence-electron chi connectivity index (χ4n) is 2.25. The summed E-state index contributed by atoms with van der Waals surface area (Å²) in [6.45, 7) is 0.324. The smallest absolute Gasteiger partial charge is 0.321 e. The Balaban J connectivity index is 1.54.